The number of rotatable bonds is 3. The molecule has 182 valence electrons. The predicted octanol–water partition coefficient (Wildman–Crippen LogP) is 9.91. The van der Waals surface area contributed by atoms with E-state index in [9.17, 15) is 0 Å². The standard InChI is InChI=1S/C36H21BrN2/c37-26-9-8-12-28(23-26)39-34-16-7-5-14-30(34)32-22-25(18-20-36(32)39)24-17-19-35-31(21-24)29-13-4-6-15-33(29)38(35)27-10-2-1-3-11-27/h2,4-23H. The first-order chi connectivity index (χ1) is 19.3. The van der Waals surface area contributed by atoms with Crippen molar-refractivity contribution in [1.82, 2.24) is 9.13 Å². The van der Waals surface area contributed by atoms with Crippen molar-refractivity contribution in [3.8, 4) is 22.5 Å². The zero-order chi connectivity index (χ0) is 25.9. The van der Waals surface area contributed by atoms with E-state index >= 15 is 0 Å². The van der Waals surface area contributed by atoms with Crippen molar-refractivity contribution in [3.63, 3.8) is 0 Å². The summed E-state index contributed by atoms with van der Waals surface area (Å²) in [5.41, 5.74) is 9.44. The molecule has 0 saturated carbocycles. The van der Waals surface area contributed by atoms with E-state index in [-0.39, 0.29) is 0 Å². The van der Waals surface area contributed by atoms with Gasteiger partial charge in [0.2, 0.25) is 0 Å². The van der Waals surface area contributed by atoms with Gasteiger partial charge in [-0.1, -0.05) is 82.7 Å². The second-order valence-electron chi connectivity index (χ2n) is 9.84. The molecule has 2 aromatic heterocycles. The van der Waals surface area contributed by atoms with E-state index in [1.807, 2.05) is 12.1 Å². The first-order valence-electron chi connectivity index (χ1n) is 13.0. The van der Waals surface area contributed by atoms with Gasteiger partial charge in [0, 0.05) is 37.8 Å². The predicted molar refractivity (Wildman–Crippen MR) is 166 cm³/mol. The lowest BCUT2D eigenvalue weighted by Crippen LogP contribution is -1.93. The fraction of sp³-hybridized carbons (Fsp3) is 0. The number of hydrogen-bond acceptors (Lipinski definition) is 0. The highest BCUT2D eigenvalue weighted by Crippen LogP contribution is 2.38. The van der Waals surface area contributed by atoms with Gasteiger partial charge in [-0.15, -0.1) is 0 Å². The van der Waals surface area contributed by atoms with Crippen LogP contribution >= 0.6 is 15.9 Å². The molecule has 0 aliphatic heterocycles. The van der Waals surface area contributed by atoms with Crippen molar-refractivity contribution in [3.05, 3.63) is 144 Å². The van der Waals surface area contributed by atoms with Gasteiger partial charge in [0.1, 0.15) is 0 Å². The number of fused-ring (bicyclic) bond motifs is 6. The molecule has 0 radical (unpaired) electrons. The van der Waals surface area contributed by atoms with E-state index in [1.165, 1.54) is 54.7 Å². The van der Waals surface area contributed by atoms with Crippen LogP contribution in [-0.4, -0.2) is 9.13 Å². The van der Waals surface area contributed by atoms with Gasteiger partial charge in [-0.25, -0.2) is 0 Å². The minimum atomic E-state index is 1.07. The molecule has 0 saturated heterocycles. The monoisotopic (exact) mass is 560 g/mol. The molecule has 3 heteroatoms. The van der Waals surface area contributed by atoms with E-state index in [1.54, 1.807) is 0 Å². The van der Waals surface area contributed by atoms with E-state index in [2.05, 4.69) is 152 Å². The molecular weight excluding hydrogens is 540 g/mol. The van der Waals surface area contributed by atoms with Crippen molar-refractivity contribution in [2.75, 3.05) is 0 Å². The molecule has 8 aromatic rings. The number of para-hydroxylation sites is 2. The smallest absolute Gasteiger partial charge is 0.0552 e. The molecule has 0 fully saturated rings. The molecule has 0 spiro atoms. The lowest BCUT2D eigenvalue weighted by atomic mass is 10.0. The highest BCUT2D eigenvalue weighted by atomic mass is 79.9. The van der Waals surface area contributed by atoms with Crippen LogP contribution < -0.4 is 0 Å². The zero-order valence-electron chi connectivity index (χ0n) is 20.9. The maximum Gasteiger partial charge on any atom is 0.0552 e. The van der Waals surface area contributed by atoms with Crippen LogP contribution in [-0.2, 0) is 0 Å². The normalized spacial score (nSPS) is 11.5. The molecule has 6 aromatic carbocycles. The van der Waals surface area contributed by atoms with Crippen LogP contribution in [0.3, 0.4) is 0 Å². The Hall–Kier alpha value is -4.78. The summed E-state index contributed by atoms with van der Waals surface area (Å²) in [5.74, 6) is 0. The summed E-state index contributed by atoms with van der Waals surface area (Å²) < 4.78 is 5.74. The van der Waals surface area contributed by atoms with Crippen LogP contribution in [0, 0.1) is 12.1 Å². The summed E-state index contributed by atoms with van der Waals surface area (Å²) in [5, 5.41) is 4.99. The Morgan fingerprint density at radius 2 is 1.05 bits per heavy atom. The minimum Gasteiger partial charge on any atom is -0.309 e. The SMILES string of the molecule is Brc1cccc(-n2c3ccccc3c3cc(-c4ccc5c(c4)c4ccccc4n5-c4cc#ccc4)ccc32)c1. The van der Waals surface area contributed by atoms with E-state index in [0.717, 1.165) is 15.8 Å². The summed E-state index contributed by atoms with van der Waals surface area (Å²) in [6.07, 6.45) is 0. The molecule has 0 N–H and O–H groups in total. The topological polar surface area (TPSA) is 9.86 Å². The van der Waals surface area contributed by atoms with Crippen LogP contribution in [0.4, 0.5) is 0 Å². The number of aromatic nitrogens is 2. The Labute approximate surface area is 234 Å². The maximum absolute atomic E-state index is 3.65. The third-order valence-corrected chi connectivity index (χ3v) is 8.14. The van der Waals surface area contributed by atoms with Gasteiger partial charge >= 0.3 is 0 Å². The first-order valence-corrected chi connectivity index (χ1v) is 13.8. The Kier molecular flexibility index (Phi) is 4.92. The largest absolute Gasteiger partial charge is 0.309 e. The Balaban J connectivity index is 1.36. The van der Waals surface area contributed by atoms with Crippen LogP contribution in [0.15, 0.2) is 132 Å². The number of halogens is 1. The lowest BCUT2D eigenvalue weighted by molar-refractivity contribution is 1.18. The van der Waals surface area contributed by atoms with Crippen molar-refractivity contribution < 1.29 is 0 Å². The molecule has 0 aliphatic carbocycles. The van der Waals surface area contributed by atoms with Crippen molar-refractivity contribution in [2.45, 2.75) is 0 Å². The molecule has 39 heavy (non-hydrogen) atoms. The highest BCUT2D eigenvalue weighted by Gasteiger charge is 2.15. The van der Waals surface area contributed by atoms with Gasteiger partial charge < -0.3 is 9.13 Å². The minimum absolute atomic E-state index is 1.07. The number of nitrogens with zero attached hydrogens (tertiary/aromatic N) is 2. The van der Waals surface area contributed by atoms with Gasteiger partial charge in [0.25, 0.3) is 0 Å². The fourth-order valence-corrected chi connectivity index (χ4v) is 6.34. The zero-order valence-corrected chi connectivity index (χ0v) is 22.5. The van der Waals surface area contributed by atoms with Crippen LogP contribution in [0.1, 0.15) is 0 Å². The second-order valence-corrected chi connectivity index (χ2v) is 10.8. The van der Waals surface area contributed by atoms with E-state index in [4.69, 9.17) is 0 Å². The van der Waals surface area contributed by atoms with E-state index in [0.29, 0.717) is 0 Å². The van der Waals surface area contributed by atoms with Gasteiger partial charge in [-0.3, -0.25) is 0 Å². The van der Waals surface area contributed by atoms with Gasteiger partial charge in [0.05, 0.1) is 27.8 Å². The van der Waals surface area contributed by atoms with Crippen molar-refractivity contribution >= 4 is 59.5 Å². The molecular formula is C36H21BrN2. The molecule has 0 bridgehead atoms. The van der Waals surface area contributed by atoms with Crippen molar-refractivity contribution in [1.29, 1.82) is 0 Å². The Morgan fingerprint density at radius 3 is 1.64 bits per heavy atom. The first kappa shape index (κ1) is 22.2. The summed E-state index contributed by atoms with van der Waals surface area (Å²) in [6, 6.07) is 51.6. The van der Waals surface area contributed by atoms with Gasteiger partial charge in [-0.2, -0.15) is 0 Å². The second kappa shape index (κ2) is 8.63. The summed E-state index contributed by atoms with van der Waals surface area (Å²) in [6.45, 7) is 0. The molecule has 0 amide bonds. The van der Waals surface area contributed by atoms with E-state index < -0.39 is 0 Å². The molecule has 2 heterocycles. The molecule has 2 nitrogen and oxygen atoms in total. The van der Waals surface area contributed by atoms with Crippen LogP contribution in [0.5, 0.6) is 0 Å². The van der Waals surface area contributed by atoms with Gasteiger partial charge in [-0.05, 0) is 77.9 Å². The van der Waals surface area contributed by atoms with Crippen LogP contribution in [0.25, 0.3) is 66.1 Å². The Bertz CT molecular complexity index is 2180. The number of hydrogen-bond donors (Lipinski definition) is 0. The van der Waals surface area contributed by atoms with Crippen molar-refractivity contribution in [2.24, 2.45) is 0 Å². The molecule has 8 rings (SSSR count). The van der Waals surface area contributed by atoms with Gasteiger partial charge in [0.15, 0.2) is 0 Å². The summed E-state index contributed by atoms with van der Waals surface area (Å²) in [7, 11) is 0. The molecule has 0 atom stereocenters. The average molecular weight is 561 g/mol. The summed E-state index contributed by atoms with van der Waals surface area (Å²) in [4.78, 5) is 0. The Morgan fingerprint density at radius 1 is 0.462 bits per heavy atom. The molecule has 0 unspecified atom stereocenters. The lowest BCUT2D eigenvalue weighted by Gasteiger charge is -2.09. The fourth-order valence-electron chi connectivity index (χ4n) is 5.95. The molecule has 0 aliphatic rings. The quantitative estimate of drug-likeness (QED) is 0.203. The van der Waals surface area contributed by atoms with Crippen LogP contribution in [0.2, 0.25) is 0 Å². The third kappa shape index (κ3) is 3.43. The summed E-state index contributed by atoms with van der Waals surface area (Å²) >= 11 is 3.65. The number of benzene rings is 5. The third-order valence-electron chi connectivity index (χ3n) is 7.64. The average Bonchev–Trinajstić information content (AvgIpc) is 3.50. The maximum atomic E-state index is 3.65. The highest BCUT2D eigenvalue weighted by molar-refractivity contribution is 9.10.